The molecule has 3 nitrogen and oxygen atoms in total. The van der Waals surface area contributed by atoms with Gasteiger partial charge in [-0.2, -0.15) is 0 Å². The minimum absolute atomic E-state index is 0.155. The molecule has 0 fully saturated rings. The second-order valence-electron chi connectivity index (χ2n) is 2.24. The predicted octanol–water partition coefficient (Wildman–Crippen LogP) is 0.875. The zero-order valence-electron chi connectivity index (χ0n) is 6.45. The van der Waals surface area contributed by atoms with Gasteiger partial charge in [0.2, 0.25) is 0 Å². The van der Waals surface area contributed by atoms with E-state index in [0.29, 0.717) is 0 Å². The lowest BCUT2D eigenvalue weighted by molar-refractivity contribution is 0.184. The van der Waals surface area contributed by atoms with Crippen LogP contribution < -0.4 is 16.0 Å². The standard InChI is InChI=1S/C8H12N2O/c1-7(10-9)11-8-5-3-2-4-6-8/h2-7,10H,9H2,1H3. The van der Waals surface area contributed by atoms with Gasteiger partial charge in [0.1, 0.15) is 5.75 Å². The van der Waals surface area contributed by atoms with Crippen LogP contribution in [0.1, 0.15) is 6.92 Å². The van der Waals surface area contributed by atoms with Crippen molar-refractivity contribution in [1.82, 2.24) is 5.43 Å². The lowest BCUT2D eigenvalue weighted by atomic mass is 10.3. The van der Waals surface area contributed by atoms with Gasteiger partial charge in [-0.05, 0) is 19.1 Å². The van der Waals surface area contributed by atoms with Gasteiger partial charge >= 0.3 is 0 Å². The Labute approximate surface area is 66.1 Å². The Morgan fingerprint density at radius 1 is 1.36 bits per heavy atom. The minimum Gasteiger partial charge on any atom is -0.474 e. The number of nitrogens with two attached hydrogens (primary N) is 1. The summed E-state index contributed by atoms with van der Waals surface area (Å²) < 4.78 is 5.33. The lowest BCUT2D eigenvalue weighted by Gasteiger charge is -2.12. The maximum absolute atomic E-state index is 5.33. The summed E-state index contributed by atoms with van der Waals surface area (Å²) in [4.78, 5) is 0. The number of para-hydroxylation sites is 1. The molecule has 0 amide bonds. The first-order valence-corrected chi connectivity index (χ1v) is 3.51. The van der Waals surface area contributed by atoms with Crippen LogP contribution in [0.25, 0.3) is 0 Å². The van der Waals surface area contributed by atoms with E-state index < -0.39 is 0 Å². The summed E-state index contributed by atoms with van der Waals surface area (Å²) >= 11 is 0. The molecule has 0 bridgehead atoms. The molecule has 1 aromatic rings. The molecule has 0 saturated carbocycles. The van der Waals surface area contributed by atoms with Crippen LogP contribution in [0, 0.1) is 0 Å². The number of rotatable bonds is 3. The van der Waals surface area contributed by atoms with Crippen LogP contribution in [0.3, 0.4) is 0 Å². The monoisotopic (exact) mass is 152 g/mol. The molecule has 11 heavy (non-hydrogen) atoms. The summed E-state index contributed by atoms with van der Waals surface area (Å²) in [6.45, 7) is 1.84. The SMILES string of the molecule is CC(NN)Oc1ccccc1. The van der Waals surface area contributed by atoms with Crippen LogP contribution in [-0.4, -0.2) is 6.23 Å². The largest absolute Gasteiger partial charge is 0.474 e. The van der Waals surface area contributed by atoms with Crippen LogP contribution in [0.2, 0.25) is 0 Å². The minimum atomic E-state index is -0.155. The van der Waals surface area contributed by atoms with Crippen LogP contribution in [-0.2, 0) is 0 Å². The van der Waals surface area contributed by atoms with Crippen molar-refractivity contribution in [2.24, 2.45) is 5.84 Å². The van der Waals surface area contributed by atoms with Crippen molar-refractivity contribution in [2.45, 2.75) is 13.2 Å². The Kier molecular flexibility index (Phi) is 2.89. The Bertz CT molecular complexity index is 201. The third-order valence-electron chi connectivity index (χ3n) is 1.29. The van der Waals surface area contributed by atoms with E-state index >= 15 is 0 Å². The molecule has 1 aromatic carbocycles. The first kappa shape index (κ1) is 8.04. The summed E-state index contributed by atoms with van der Waals surface area (Å²) in [5, 5.41) is 0. The number of hydrogen-bond donors (Lipinski definition) is 2. The number of ether oxygens (including phenoxy) is 1. The molecule has 0 heterocycles. The highest BCUT2D eigenvalue weighted by Gasteiger charge is 1.97. The summed E-state index contributed by atoms with van der Waals surface area (Å²) in [7, 11) is 0. The van der Waals surface area contributed by atoms with E-state index in [1.54, 1.807) is 0 Å². The highest BCUT2D eigenvalue weighted by molar-refractivity contribution is 5.20. The fraction of sp³-hybridized carbons (Fsp3) is 0.250. The molecule has 0 aliphatic heterocycles. The van der Waals surface area contributed by atoms with Gasteiger partial charge in [-0.25, -0.2) is 5.43 Å². The molecule has 0 aliphatic carbocycles. The van der Waals surface area contributed by atoms with Crippen LogP contribution >= 0.6 is 0 Å². The first-order chi connectivity index (χ1) is 5.33. The van der Waals surface area contributed by atoms with Crippen molar-refractivity contribution < 1.29 is 4.74 Å². The van der Waals surface area contributed by atoms with Crippen molar-refractivity contribution in [3.63, 3.8) is 0 Å². The number of benzene rings is 1. The van der Waals surface area contributed by atoms with Crippen molar-refractivity contribution in [1.29, 1.82) is 0 Å². The van der Waals surface area contributed by atoms with Gasteiger partial charge in [0.25, 0.3) is 0 Å². The quantitative estimate of drug-likeness (QED) is 0.384. The van der Waals surface area contributed by atoms with Crippen LogP contribution in [0.4, 0.5) is 0 Å². The maximum Gasteiger partial charge on any atom is 0.159 e. The summed E-state index contributed by atoms with van der Waals surface area (Å²) in [6.07, 6.45) is -0.155. The van der Waals surface area contributed by atoms with Gasteiger partial charge in [-0.1, -0.05) is 18.2 Å². The lowest BCUT2D eigenvalue weighted by Crippen LogP contribution is -2.36. The van der Waals surface area contributed by atoms with Crippen molar-refractivity contribution in [3.05, 3.63) is 30.3 Å². The van der Waals surface area contributed by atoms with Gasteiger partial charge in [-0.3, -0.25) is 5.84 Å². The molecule has 1 unspecified atom stereocenters. The van der Waals surface area contributed by atoms with Gasteiger partial charge < -0.3 is 4.74 Å². The van der Waals surface area contributed by atoms with Gasteiger partial charge in [0.05, 0.1) is 0 Å². The van der Waals surface area contributed by atoms with Crippen molar-refractivity contribution in [3.8, 4) is 5.75 Å². The average Bonchev–Trinajstić information content (AvgIpc) is 2.06. The normalized spacial score (nSPS) is 12.5. The molecule has 3 heteroatoms. The Morgan fingerprint density at radius 2 is 2.00 bits per heavy atom. The number of hydrogen-bond acceptors (Lipinski definition) is 3. The fourth-order valence-electron chi connectivity index (χ4n) is 0.737. The smallest absolute Gasteiger partial charge is 0.159 e. The Morgan fingerprint density at radius 3 is 2.55 bits per heavy atom. The summed E-state index contributed by atoms with van der Waals surface area (Å²) in [6, 6.07) is 9.53. The molecule has 0 spiro atoms. The van der Waals surface area contributed by atoms with Crippen molar-refractivity contribution >= 4 is 0 Å². The van der Waals surface area contributed by atoms with E-state index in [9.17, 15) is 0 Å². The molecule has 3 N–H and O–H groups in total. The molecule has 1 atom stereocenters. The molecule has 0 saturated heterocycles. The van der Waals surface area contributed by atoms with E-state index in [-0.39, 0.29) is 6.23 Å². The zero-order valence-corrected chi connectivity index (χ0v) is 6.45. The second-order valence-corrected chi connectivity index (χ2v) is 2.24. The summed E-state index contributed by atoms with van der Waals surface area (Å²) in [5.74, 6) is 5.96. The molecule has 0 aromatic heterocycles. The van der Waals surface area contributed by atoms with Gasteiger partial charge in [0, 0.05) is 0 Å². The van der Waals surface area contributed by atoms with E-state index in [2.05, 4.69) is 5.43 Å². The van der Waals surface area contributed by atoms with Crippen LogP contribution in [0.5, 0.6) is 5.75 Å². The highest BCUT2D eigenvalue weighted by atomic mass is 16.5. The zero-order chi connectivity index (χ0) is 8.10. The third kappa shape index (κ3) is 2.57. The molecular weight excluding hydrogens is 140 g/mol. The molecule has 60 valence electrons. The molecular formula is C8H12N2O. The van der Waals surface area contributed by atoms with Gasteiger partial charge in [-0.15, -0.1) is 0 Å². The number of nitrogens with one attached hydrogen (secondary N) is 1. The fourth-order valence-corrected chi connectivity index (χ4v) is 0.737. The topological polar surface area (TPSA) is 47.3 Å². The van der Waals surface area contributed by atoms with E-state index in [1.165, 1.54) is 0 Å². The predicted molar refractivity (Wildman–Crippen MR) is 43.9 cm³/mol. The third-order valence-corrected chi connectivity index (χ3v) is 1.29. The Hall–Kier alpha value is -1.06. The van der Waals surface area contributed by atoms with Gasteiger partial charge in [0.15, 0.2) is 6.23 Å². The van der Waals surface area contributed by atoms with Crippen LogP contribution in [0.15, 0.2) is 30.3 Å². The average molecular weight is 152 g/mol. The molecule has 1 rings (SSSR count). The Balaban J connectivity index is 2.51. The second kappa shape index (κ2) is 3.95. The first-order valence-electron chi connectivity index (χ1n) is 3.51. The molecule has 0 aliphatic rings. The van der Waals surface area contributed by atoms with E-state index in [4.69, 9.17) is 10.6 Å². The molecule has 0 radical (unpaired) electrons. The highest BCUT2D eigenvalue weighted by Crippen LogP contribution is 2.08. The summed E-state index contributed by atoms with van der Waals surface area (Å²) in [5.41, 5.74) is 2.49. The van der Waals surface area contributed by atoms with Crippen molar-refractivity contribution in [2.75, 3.05) is 0 Å². The van der Waals surface area contributed by atoms with E-state index in [1.807, 2.05) is 37.3 Å². The number of hydrazine groups is 1. The maximum atomic E-state index is 5.33. The van der Waals surface area contributed by atoms with E-state index in [0.717, 1.165) is 5.75 Å².